The van der Waals surface area contributed by atoms with Crippen molar-refractivity contribution < 1.29 is 92.7 Å². The Hall–Kier alpha value is 1.74. The number of hydrogen-bond acceptors (Lipinski definition) is 5. The van der Waals surface area contributed by atoms with Crippen molar-refractivity contribution in [1.82, 2.24) is 3.87 Å². The van der Waals surface area contributed by atoms with Crippen molar-refractivity contribution in [2.24, 2.45) is 0 Å². The van der Waals surface area contributed by atoms with E-state index >= 15 is 0 Å². The Bertz CT molecular complexity index is 311. The van der Waals surface area contributed by atoms with Gasteiger partial charge in [-0.25, -0.2) is 0 Å². The van der Waals surface area contributed by atoms with Crippen LogP contribution >= 0.6 is 0 Å². The van der Waals surface area contributed by atoms with Crippen LogP contribution in [-0.2, 0) is 25.4 Å². The summed E-state index contributed by atoms with van der Waals surface area (Å²) in [7, 11) is -10.2. The van der Waals surface area contributed by atoms with E-state index in [2.05, 4.69) is 4.84 Å². The molecule has 0 fully saturated rings. The van der Waals surface area contributed by atoms with Crippen molar-refractivity contribution in [2.75, 3.05) is 6.61 Å². The van der Waals surface area contributed by atoms with Crippen molar-refractivity contribution >= 4 is 20.6 Å². The molecule has 0 unspecified atom stereocenters. The summed E-state index contributed by atoms with van der Waals surface area (Å²) in [6, 6.07) is 0. The van der Waals surface area contributed by atoms with Crippen LogP contribution in [-0.4, -0.2) is 36.4 Å². The Labute approximate surface area is 129 Å². The van der Waals surface area contributed by atoms with Crippen LogP contribution in [0.25, 0.3) is 0 Å². The van der Waals surface area contributed by atoms with Gasteiger partial charge in [0, 0.05) is 0 Å². The Morgan fingerprint density at radius 2 is 1.43 bits per heavy atom. The zero-order valence-corrected chi connectivity index (χ0v) is 13.5. The third-order valence-electron chi connectivity index (χ3n) is 0.611. The van der Waals surface area contributed by atoms with Crippen LogP contribution < -0.4 is 59.1 Å². The largest absolute Gasteiger partial charge is 1.00 e. The molecule has 78 valence electrons. The molecule has 0 saturated carbocycles. The summed E-state index contributed by atoms with van der Waals surface area (Å²) in [5, 5.41) is 0. The number of nitrogens with zero attached hydrogens (tertiary/aromatic N) is 1. The van der Waals surface area contributed by atoms with E-state index in [1.807, 2.05) is 0 Å². The van der Waals surface area contributed by atoms with Crippen molar-refractivity contribution in [3.8, 4) is 0 Å². The van der Waals surface area contributed by atoms with Crippen molar-refractivity contribution in [2.45, 2.75) is 6.92 Å². The van der Waals surface area contributed by atoms with Gasteiger partial charge in [-0.2, -0.15) is 16.8 Å². The van der Waals surface area contributed by atoms with Crippen LogP contribution in [0.1, 0.15) is 9.78 Å². The maximum atomic E-state index is 10.2. The van der Waals surface area contributed by atoms with Crippen LogP contribution in [0, 0.1) is 0 Å². The minimum Gasteiger partial charge on any atom is -1.00 e. The standard InChI is InChI=1S/C2H7NO7S2.2Na.2H/c1-2-10-3(11(4,5)6)12(7,8)9;;;;/h2H2,1H3,(H,4,5,6)(H,7,8,9);;;;/q;2*+1;2*-1. The van der Waals surface area contributed by atoms with Gasteiger partial charge in [-0.05, 0) is 6.92 Å². The molecule has 0 aromatic heterocycles. The van der Waals surface area contributed by atoms with Gasteiger partial charge >= 0.3 is 79.7 Å². The molecule has 0 aliphatic carbocycles. The van der Waals surface area contributed by atoms with E-state index in [-0.39, 0.29) is 68.6 Å². The predicted molar refractivity (Wildman–Crippen MR) is 38.8 cm³/mol. The maximum Gasteiger partial charge on any atom is 1.00 e. The molecule has 0 amide bonds. The molecule has 0 aliphatic heterocycles. The fourth-order valence-corrected chi connectivity index (χ4v) is 1.79. The van der Waals surface area contributed by atoms with Gasteiger partial charge in [-0.1, -0.05) is 0 Å². The van der Waals surface area contributed by atoms with Gasteiger partial charge in [-0.15, -0.1) is 0 Å². The smallest absolute Gasteiger partial charge is 1.00 e. The second kappa shape index (κ2) is 7.92. The Morgan fingerprint density at radius 1 is 1.14 bits per heavy atom. The molecule has 14 heavy (non-hydrogen) atoms. The average Bonchev–Trinajstić information content (AvgIpc) is 1.77. The van der Waals surface area contributed by atoms with Gasteiger partial charge in [0.25, 0.3) is 0 Å². The van der Waals surface area contributed by atoms with E-state index < -0.39 is 24.5 Å². The van der Waals surface area contributed by atoms with E-state index in [0.29, 0.717) is 0 Å². The van der Waals surface area contributed by atoms with E-state index in [1.165, 1.54) is 6.92 Å². The van der Waals surface area contributed by atoms with Crippen molar-refractivity contribution in [3.05, 3.63) is 0 Å². The number of hydrogen-bond donors (Lipinski definition) is 2. The summed E-state index contributed by atoms with van der Waals surface area (Å²) >= 11 is 0. The van der Waals surface area contributed by atoms with E-state index in [0.717, 1.165) is 0 Å². The summed E-state index contributed by atoms with van der Waals surface area (Å²) in [6.07, 6.45) is 0. The number of rotatable bonds is 4. The average molecular weight is 269 g/mol. The summed E-state index contributed by atoms with van der Waals surface area (Å²) in [5.41, 5.74) is 0. The van der Waals surface area contributed by atoms with E-state index in [9.17, 15) is 16.8 Å². The summed E-state index contributed by atoms with van der Waals surface area (Å²) in [4.78, 5) is 3.93. The molecule has 12 heteroatoms. The summed E-state index contributed by atoms with van der Waals surface area (Å²) < 4.78 is 56.2. The van der Waals surface area contributed by atoms with Crippen LogP contribution in [0.4, 0.5) is 0 Å². The van der Waals surface area contributed by atoms with Gasteiger partial charge in [0.2, 0.25) is 0 Å². The SMILES string of the molecule is CCON(S(=O)(=O)O)S(=O)(=O)O.[H-].[H-].[Na+].[Na+]. The minimum atomic E-state index is -5.11. The maximum absolute atomic E-state index is 10.2. The zero-order valence-electron chi connectivity index (χ0n) is 9.91. The molecule has 0 aromatic carbocycles. The Balaban J connectivity index is -0.000000101. The molecule has 2 N–H and O–H groups in total. The van der Waals surface area contributed by atoms with Crippen LogP contribution in [0.3, 0.4) is 0 Å². The fraction of sp³-hybridized carbons (Fsp3) is 1.00. The molecule has 0 aromatic rings. The predicted octanol–water partition coefficient (Wildman–Crippen LogP) is -6.92. The first-order valence-electron chi connectivity index (χ1n) is 2.58. The van der Waals surface area contributed by atoms with Gasteiger partial charge < -0.3 is 2.85 Å². The topological polar surface area (TPSA) is 121 Å². The first-order valence-corrected chi connectivity index (χ1v) is 5.37. The molecular weight excluding hydrogens is 260 g/mol. The minimum absolute atomic E-state index is 0. The van der Waals surface area contributed by atoms with Crippen LogP contribution in [0.15, 0.2) is 0 Å². The van der Waals surface area contributed by atoms with Gasteiger partial charge in [0.05, 0.1) is 10.5 Å². The first kappa shape index (κ1) is 21.1. The zero-order chi connectivity index (χ0) is 9.99. The second-order valence-electron chi connectivity index (χ2n) is 1.54. The fourth-order valence-electron chi connectivity index (χ4n) is 0.358. The molecular formula is C2H9NNa2O7S2. The Morgan fingerprint density at radius 3 is 1.50 bits per heavy atom. The third kappa shape index (κ3) is 7.96. The van der Waals surface area contributed by atoms with E-state index in [4.69, 9.17) is 9.11 Å². The monoisotopic (exact) mass is 269 g/mol. The normalized spacial score (nSPS) is 11.7. The summed E-state index contributed by atoms with van der Waals surface area (Å²) in [6.45, 7) is 0.920. The molecule has 0 aliphatic rings. The summed E-state index contributed by atoms with van der Waals surface area (Å²) in [5.74, 6) is 0. The van der Waals surface area contributed by atoms with Gasteiger partial charge in [-0.3, -0.25) is 13.9 Å². The van der Waals surface area contributed by atoms with Crippen molar-refractivity contribution in [3.63, 3.8) is 0 Å². The molecule has 0 heterocycles. The molecule has 0 radical (unpaired) electrons. The van der Waals surface area contributed by atoms with Gasteiger partial charge in [0.15, 0.2) is 0 Å². The quantitative estimate of drug-likeness (QED) is 0.295. The molecule has 0 saturated heterocycles. The Kier molecular flexibility index (Phi) is 11.9. The van der Waals surface area contributed by atoms with Crippen LogP contribution in [0.2, 0.25) is 0 Å². The third-order valence-corrected chi connectivity index (χ3v) is 2.71. The molecule has 0 rings (SSSR count). The molecule has 8 nitrogen and oxygen atoms in total. The molecule has 0 atom stereocenters. The van der Waals surface area contributed by atoms with E-state index in [1.54, 1.807) is 0 Å². The molecule has 0 bridgehead atoms. The van der Waals surface area contributed by atoms with Crippen molar-refractivity contribution in [1.29, 1.82) is 0 Å². The van der Waals surface area contributed by atoms with Crippen LogP contribution in [0.5, 0.6) is 0 Å². The first-order chi connectivity index (χ1) is 5.19. The van der Waals surface area contributed by atoms with Gasteiger partial charge in [0.1, 0.15) is 0 Å². The molecule has 0 spiro atoms. The second-order valence-corrected chi connectivity index (χ2v) is 4.22.